The van der Waals surface area contributed by atoms with Crippen LogP contribution in [0.3, 0.4) is 0 Å². The maximum atomic E-state index is 11.5. The van der Waals surface area contributed by atoms with Gasteiger partial charge in [0.15, 0.2) is 5.58 Å². The van der Waals surface area contributed by atoms with Crippen molar-refractivity contribution in [3.63, 3.8) is 0 Å². The number of para-hydroxylation sites is 1. The molecule has 1 aromatic heterocycles. The maximum Gasteiger partial charge on any atom is 0.359 e. The molecule has 3 rings (SSSR count). The average Bonchev–Trinajstić information content (AvgIpc) is 2.48. The van der Waals surface area contributed by atoms with Crippen molar-refractivity contribution in [1.29, 1.82) is 0 Å². The van der Waals surface area contributed by atoms with Crippen LogP contribution in [-0.4, -0.2) is 36.5 Å². The topological polar surface area (TPSA) is 135 Å². The molecule has 0 amide bonds. The fourth-order valence-corrected chi connectivity index (χ4v) is 2.30. The van der Waals surface area contributed by atoms with E-state index >= 15 is 0 Å². The van der Waals surface area contributed by atoms with Crippen molar-refractivity contribution in [1.82, 2.24) is 5.32 Å². The highest BCUT2D eigenvalue weighted by atomic mass is 16.9. The molecule has 1 aromatic carbocycles. The van der Waals surface area contributed by atoms with Gasteiger partial charge in [0.2, 0.25) is 0 Å². The lowest BCUT2D eigenvalue weighted by atomic mass is 10.1. The molecule has 2 aromatic rings. The number of nitrogens with two attached hydrogens (primary N) is 1. The third-order valence-electron chi connectivity index (χ3n) is 3.22. The van der Waals surface area contributed by atoms with E-state index in [-0.39, 0.29) is 5.69 Å². The van der Waals surface area contributed by atoms with Crippen LogP contribution in [0.2, 0.25) is 0 Å². The van der Waals surface area contributed by atoms with E-state index in [4.69, 9.17) is 25.5 Å². The fourth-order valence-electron chi connectivity index (χ4n) is 2.30. The van der Waals surface area contributed by atoms with Crippen molar-refractivity contribution in [2.45, 2.75) is 0 Å². The van der Waals surface area contributed by atoms with E-state index in [9.17, 15) is 4.79 Å². The zero-order chi connectivity index (χ0) is 16.1. The number of benzene rings is 1. The molecule has 22 heavy (non-hydrogen) atoms. The molecule has 9 nitrogen and oxygen atoms in total. The van der Waals surface area contributed by atoms with Gasteiger partial charge in [-0.3, -0.25) is 0 Å². The number of rotatable bonds is 1. The van der Waals surface area contributed by atoms with Gasteiger partial charge in [-0.05, 0) is 12.1 Å². The summed E-state index contributed by atoms with van der Waals surface area (Å²) in [5.41, 5.74) is 6.86. The lowest BCUT2D eigenvalue weighted by Crippen LogP contribution is -2.43. The monoisotopic (exact) mass is 308 g/mol. The third-order valence-corrected chi connectivity index (χ3v) is 3.22. The average molecular weight is 308 g/mol. The van der Waals surface area contributed by atoms with Gasteiger partial charge in [-0.25, -0.2) is 4.79 Å². The number of hydrogen-bond donors (Lipinski definition) is 3. The maximum absolute atomic E-state index is 11.5. The molecule has 2 heterocycles. The molecule has 9 heteroatoms. The van der Waals surface area contributed by atoms with E-state index in [2.05, 4.69) is 10.2 Å². The molecule has 0 saturated carbocycles. The van der Waals surface area contributed by atoms with Crippen LogP contribution >= 0.6 is 0 Å². The normalized spacial score (nSPS) is 14.3. The Morgan fingerprint density at radius 2 is 2.00 bits per heavy atom. The van der Waals surface area contributed by atoms with Crippen LogP contribution in [0.25, 0.3) is 11.0 Å². The van der Waals surface area contributed by atoms with Gasteiger partial charge in [0.05, 0.1) is 5.69 Å². The number of piperazine rings is 1. The molecular formula is C13H16N4O5. The van der Waals surface area contributed by atoms with E-state index in [0.29, 0.717) is 5.58 Å². The summed E-state index contributed by atoms with van der Waals surface area (Å²) in [6.45, 7) is 3.70. The van der Waals surface area contributed by atoms with Gasteiger partial charge in [-0.2, -0.15) is 0 Å². The lowest BCUT2D eigenvalue weighted by Gasteiger charge is -2.29. The van der Waals surface area contributed by atoms with E-state index in [1.54, 1.807) is 6.07 Å². The van der Waals surface area contributed by atoms with E-state index in [1.807, 2.05) is 18.2 Å². The van der Waals surface area contributed by atoms with Crippen molar-refractivity contribution >= 4 is 22.3 Å². The van der Waals surface area contributed by atoms with Crippen LogP contribution < -0.4 is 21.6 Å². The molecule has 0 spiro atoms. The van der Waals surface area contributed by atoms with Crippen molar-refractivity contribution in [3.8, 4) is 0 Å². The molecule has 1 fully saturated rings. The summed E-state index contributed by atoms with van der Waals surface area (Å²) in [4.78, 5) is 22.1. The highest BCUT2D eigenvalue weighted by Gasteiger charge is 2.15. The molecule has 4 N–H and O–H groups in total. The van der Waals surface area contributed by atoms with Crippen LogP contribution in [0.15, 0.2) is 33.5 Å². The second-order valence-corrected chi connectivity index (χ2v) is 4.66. The third kappa shape index (κ3) is 3.64. The molecule has 1 aliphatic heterocycles. The van der Waals surface area contributed by atoms with Gasteiger partial charge >= 0.3 is 5.63 Å². The highest BCUT2D eigenvalue weighted by Crippen LogP contribution is 2.26. The minimum Gasteiger partial charge on any atom is -0.419 e. The van der Waals surface area contributed by atoms with Crippen molar-refractivity contribution in [2.24, 2.45) is 0 Å². The largest absolute Gasteiger partial charge is 0.419 e. The predicted octanol–water partition coefficient (Wildman–Crippen LogP) is 0.437. The van der Waals surface area contributed by atoms with E-state index in [1.165, 1.54) is 0 Å². The zero-order valence-corrected chi connectivity index (χ0v) is 11.7. The summed E-state index contributed by atoms with van der Waals surface area (Å²) in [7, 11) is 0. The first kappa shape index (κ1) is 15.6. The lowest BCUT2D eigenvalue weighted by molar-refractivity contribution is -0.742. The molecule has 1 aliphatic rings. The molecule has 118 valence electrons. The van der Waals surface area contributed by atoms with Crippen molar-refractivity contribution in [3.05, 3.63) is 44.8 Å². The highest BCUT2D eigenvalue weighted by molar-refractivity contribution is 5.90. The van der Waals surface area contributed by atoms with Crippen molar-refractivity contribution in [2.75, 3.05) is 36.8 Å². The number of fused-ring (bicyclic) bond motifs is 1. The number of anilines is 2. The summed E-state index contributed by atoms with van der Waals surface area (Å²) in [5.74, 6) is 0. The second-order valence-electron chi connectivity index (χ2n) is 4.66. The van der Waals surface area contributed by atoms with Crippen LogP contribution in [0.5, 0.6) is 0 Å². The summed E-state index contributed by atoms with van der Waals surface area (Å²) >= 11 is 0. The minimum atomic E-state index is -1.50. The van der Waals surface area contributed by atoms with Gasteiger partial charge in [-0.15, -0.1) is 10.1 Å². The van der Waals surface area contributed by atoms with Gasteiger partial charge in [0.1, 0.15) is 5.69 Å². The number of nitrogen functional groups attached to an aromatic ring is 1. The first-order chi connectivity index (χ1) is 10.5. The Bertz CT molecular complexity index is 720. The van der Waals surface area contributed by atoms with E-state index in [0.717, 1.165) is 37.3 Å². The summed E-state index contributed by atoms with van der Waals surface area (Å²) < 4.78 is 5.33. The second kappa shape index (κ2) is 6.76. The fraction of sp³-hybridized carbons (Fsp3) is 0.308. The first-order valence-corrected chi connectivity index (χ1v) is 6.60. The Kier molecular flexibility index (Phi) is 4.79. The molecule has 0 atom stereocenters. The Balaban J connectivity index is 0.000000396. The molecule has 0 aliphatic carbocycles. The molecule has 1 saturated heterocycles. The molecule has 0 unspecified atom stereocenters. The number of nitrogens with zero attached hydrogens (tertiary/aromatic N) is 2. The minimum absolute atomic E-state index is 0.153. The smallest absolute Gasteiger partial charge is 0.359 e. The van der Waals surface area contributed by atoms with Crippen LogP contribution in [0, 0.1) is 10.1 Å². The number of nitrogens with one attached hydrogen (secondary N) is 1. The van der Waals surface area contributed by atoms with Crippen LogP contribution in [0.4, 0.5) is 11.4 Å². The van der Waals surface area contributed by atoms with Crippen molar-refractivity contribution < 1.29 is 14.7 Å². The first-order valence-electron chi connectivity index (χ1n) is 6.60. The Morgan fingerprint density at radius 3 is 2.64 bits per heavy atom. The molecule has 0 bridgehead atoms. The van der Waals surface area contributed by atoms with Gasteiger partial charge in [0, 0.05) is 31.6 Å². The van der Waals surface area contributed by atoms with Gasteiger partial charge in [-0.1, -0.05) is 12.1 Å². The zero-order valence-electron chi connectivity index (χ0n) is 11.7. The standard InChI is InChI=1S/C13H15N3O2.HNO3/c14-10-8-9-2-1-3-11(12(9)18-13(10)17)16-6-4-15-5-7-16;2-1(3)4/h1-3,8,15H,4-7,14H2;(H,2,3,4). The summed E-state index contributed by atoms with van der Waals surface area (Å²) in [5, 5.41) is 17.8. The predicted molar refractivity (Wildman–Crippen MR) is 80.8 cm³/mol. The molecular weight excluding hydrogens is 292 g/mol. The van der Waals surface area contributed by atoms with Crippen LogP contribution in [0.1, 0.15) is 0 Å². The van der Waals surface area contributed by atoms with Gasteiger partial charge < -0.3 is 25.6 Å². The number of hydrogen-bond acceptors (Lipinski definition) is 7. The summed E-state index contributed by atoms with van der Waals surface area (Å²) in [6, 6.07) is 7.51. The van der Waals surface area contributed by atoms with E-state index < -0.39 is 10.7 Å². The Morgan fingerprint density at radius 1 is 1.36 bits per heavy atom. The Labute approximate surface area is 125 Å². The van der Waals surface area contributed by atoms with Gasteiger partial charge in [0.25, 0.3) is 5.09 Å². The van der Waals surface area contributed by atoms with Crippen LogP contribution in [-0.2, 0) is 0 Å². The Hall–Kier alpha value is -2.81. The summed E-state index contributed by atoms with van der Waals surface area (Å²) in [6.07, 6.45) is 0. The SMILES string of the molecule is Nc1cc2cccc(N3CCNCC3)c2oc1=O.O=[N+]([O-])O. The molecule has 0 radical (unpaired) electrons. The quantitative estimate of drug-likeness (QED) is 0.392.